The maximum atomic E-state index is 14.6. The smallest absolute Gasteiger partial charge is 0.238 e. The maximum Gasteiger partial charge on any atom is 0.238 e. The lowest BCUT2D eigenvalue weighted by molar-refractivity contribution is -0.129. The molecule has 2 aliphatic heterocycles. The van der Waals surface area contributed by atoms with Crippen LogP contribution in [0.3, 0.4) is 0 Å². The first-order valence-corrected chi connectivity index (χ1v) is 10.8. The minimum atomic E-state index is -1.13. The number of nitrogens with one attached hydrogen (secondary N) is 1. The third-order valence-corrected chi connectivity index (χ3v) is 6.52. The fraction of sp³-hybridized carbons (Fsp3) is 0.632. The van der Waals surface area contributed by atoms with E-state index in [2.05, 4.69) is 10.2 Å². The number of rotatable bonds is 5. The molecule has 0 spiro atoms. The summed E-state index contributed by atoms with van der Waals surface area (Å²) in [5.74, 6) is 1.92. The van der Waals surface area contributed by atoms with Crippen molar-refractivity contribution in [2.45, 2.75) is 31.8 Å². The molecule has 1 amide bonds. The topological polar surface area (TPSA) is 65.0 Å². The lowest BCUT2D eigenvalue weighted by Gasteiger charge is -2.29. The number of hydrogen-bond acceptors (Lipinski definition) is 6. The molecule has 1 aliphatic carbocycles. The zero-order valence-electron chi connectivity index (χ0n) is 15.3. The largest absolute Gasteiger partial charge is 0.368 e. The molecule has 8 heteroatoms. The fourth-order valence-corrected chi connectivity index (χ4v) is 4.61. The number of hydrogen-bond donors (Lipinski definition) is 2. The average molecular weight is 396 g/mol. The second-order valence-corrected chi connectivity index (χ2v) is 8.57. The van der Waals surface area contributed by atoms with Gasteiger partial charge < -0.3 is 25.0 Å². The number of halogens is 1. The fourth-order valence-electron chi connectivity index (χ4n) is 3.71. The number of nitrogens with zero attached hydrogens (tertiary/aromatic N) is 2. The van der Waals surface area contributed by atoms with Gasteiger partial charge in [0.25, 0.3) is 0 Å². The highest BCUT2D eigenvalue weighted by Gasteiger charge is 2.33. The van der Waals surface area contributed by atoms with Crippen LogP contribution in [0.25, 0.3) is 0 Å². The number of amides is 1. The number of carbonyl (C=O) groups is 1. The summed E-state index contributed by atoms with van der Waals surface area (Å²) in [6, 6.07) is 5.06. The average Bonchev–Trinajstić information content (AvgIpc) is 3.00. The van der Waals surface area contributed by atoms with Gasteiger partial charge in [0.05, 0.1) is 18.3 Å². The van der Waals surface area contributed by atoms with Gasteiger partial charge in [0.15, 0.2) is 0 Å². The Balaban J connectivity index is 1.36. The van der Waals surface area contributed by atoms with Crippen LogP contribution in [-0.4, -0.2) is 61.2 Å². The number of carbonyl (C=O) groups excluding carboxylic acids is 1. The van der Waals surface area contributed by atoms with Crippen molar-refractivity contribution in [2.24, 2.45) is 5.92 Å². The Morgan fingerprint density at radius 2 is 2.11 bits per heavy atom. The molecule has 2 N–H and O–H groups in total. The Kier molecular flexibility index (Phi) is 5.75. The molecule has 2 atom stereocenters. The van der Waals surface area contributed by atoms with E-state index < -0.39 is 6.41 Å². The number of ether oxygens (including phenoxy) is 1. The zero-order valence-corrected chi connectivity index (χ0v) is 16.1. The van der Waals surface area contributed by atoms with Crippen LogP contribution in [0.4, 0.5) is 15.8 Å². The molecule has 1 unspecified atom stereocenters. The van der Waals surface area contributed by atoms with Gasteiger partial charge in [0.1, 0.15) is 5.82 Å². The molecule has 3 fully saturated rings. The Hall–Kier alpha value is -1.51. The molecule has 1 aromatic carbocycles. The summed E-state index contributed by atoms with van der Waals surface area (Å²) in [7, 11) is 0. The summed E-state index contributed by atoms with van der Waals surface area (Å²) in [5.41, 5.74) is 1.20. The number of benzene rings is 1. The minimum Gasteiger partial charge on any atom is -0.368 e. The van der Waals surface area contributed by atoms with E-state index in [1.54, 1.807) is 11.0 Å². The molecular weight excluding hydrogens is 369 g/mol. The number of thioether (sulfide) groups is 1. The van der Waals surface area contributed by atoms with Crippen LogP contribution in [-0.2, 0) is 9.53 Å². The molecule has 0 aromatic heterocycles. The van der Waals surface area contributed by atoms with Crippen molar-refractivity contribution in [3.05, 3.63) is 24.0 Å². The molecule has 6 nitrogen and oxygen atoms in total. The van der Waals surface area contributed by atoms with Gasteiger partial charge in [-0.15, -0.1) is 0 Å². The van der Waals surface area contributed by atoms with Crippen LogP contribution in [0, 0.1) is 11.7 Å². The molecule has 3 aliphatic rings. The van der Waals surface area contributed by atoms with Crippen molar-refractivity contribution in [1.29, 1.82) is 0 Å². The summed E-state index contributed by atoms with van der Waals surface area (Å²) in [6.07, 6.45) is 1.57. The van der Waals surface area contributed by atoms with Crippen LogP contribution in [0.1, 0.15) is 19.3 Å². The van der Waals surface area contributed by atoms with Crippen LogP contribution in [0.5, 0.6) is 0 Å². The van der Waals surface area contributed by atoms with Gasteiger partial charge in [-0.1, -0.05) is 6.42 Å². The Bertz CT molecular complexity index is 682. The van der Waals surface area contributed by atoms with E-state index in [-0.39, 0.29) is 23.7 Å². The van der Waals surface area contributed by atoms with Gasteiger partial charge in [-0.3, -0.25) is 4.79 Å². The van der Waals surface area contributed by atoms with Crippen molar-refractivity contribution >= 4 is 29.0 Å². The summed E-state index contributed by atoms with van der Waals surface area (Å²) in [5, 5.41) is 13.1. The summed E-state index contributed by atoms with van der Waals surface area (Å²) in [4.78, 5) is 15.6. The first kappa shape index (κ1) is 18.8. The SMILES string of the molecule is O=C(NC[C@H]1CN(c2ccc(N3CCSCC3)c(F)c2)C(O)O1)C1CCC1. The van der Waals surface area contributed by atoms with E-state index in [4.69, 9.17) is 4.74 Å². The molecule has 1 saturated carbocycles. The van der Waals surface area contributed by atoms with Gasteiger partial charge in [0.2, 0.25) is 12.3 Å². The van der Waals surface area contributed by atoms with Crippen molar-refractivity contribution in [1.82, 2.24) is 5.32 Å². The molecular formula is C19H26FN3O3S. The monoisotopic (exact) mass is 395 g/mol. The third-order valence-electron chi connectivity index (χ3n) is 5.58. The molecule has 148 valence electrons. The predicted octanol–water partition coefficient (Wildman–Crippen LogP) is 1.78. The highest BCUT2D eigenvalue weighted by Crippen LogP contribution is 2.30. The van der Waals surface area contributed by atoms with Gasteiger partial charge in [-0.25, -0.2) is 4.39 Å². The Labute approximate surface area is 163 Å². The highest BCUT2D eigenvalue weighted by atomic mass is 32.2. The lowest BCUT2D eigenvalue weighted by atomic mass is 9.85. The normalized spacial score (nSPS) is 26.1. The summed E-state index contributed by atoms with van der Waals surface area (Å²) in [6.45, 7) is 2.46. The van der Waals surface area contributed by atoms with Crippen molar-refractivity contribution in [3.63, 3.8) is 0 Å². The maximum absolute atomic E-state index is 14.6. The van der Waals surface area contributed by atoms with Crippen molar-refractivity contribution < 1.29 is 19.0 Å². The molecule has 27 heavy (non-hydrogen) atoms. The molecule has 1 aromatic rings. The number of anilines is 2. The van der Waals surface area contributed by atoms with Gasteiger partial charge in [0, 0.05) is 42.7 Å². The second kappa shape index (κ2) is 8.24. The van der Waals surface area contributed by atoms with Crippen molar-refractivity contribution in [2.75, 3.05) is 47.5 Å². The molecule has 0 bridgehead atoms. The van der Waals surface area contributed by atoms with E-state index >= 15 is 0 Å². The van der Waals surface area contributed by atoms with Gasteiger partial charge in [-0.2, -0.15) is 11.8 Å². The summed E-state index contributed by atoms with van der Waals surface area (Å²) < 4.78 is 20.2. The second-order valence-electron chi connectivity index (χ2n) is 7.34. The standard InChI is InChI=1S/C19H26FN3O3S/c20-16-10-14(4-5-17(16)22-6-8-27-9-7-22)23-12-15(26-19(23)25)11-21-18(24)13-2-1-3-13/h4-5,10,13,15,19,25H,1-3,6-9,11-12H2,(H,21,24)/t15-,19?/m0/s1. The third kappa shape index (κ3) is 4.17. The first-order valence-electron chi connectivity index (χ1n) is 9.62. The quantitative estimate of drug-likeness (QED) is 0.792. The number of aliphatic hydroxyl groups is 1. The van der Waals surface area contributed by atoms with E-state index in [0.717, 1.165) is 43.9 Å². The van der Waals surface area contributed by atoms with Gasteiger partial charge in [-0.05, 0) is 31.0 Å². The zero-order chi connectivity index (χ0) is 18.8. The van der Waals surface area contributed by atoms with E-state index in [1.165, 1.54) is 6.07 Å². The molecule has 4 rings (SSSR count). The summed E-state index contributed by atoms with van der Waals surface area (Å²) >= 11 is 1.88. The van der Waals surface area contributed by atoms with Crippen LogP contribution < -0.4 is 15.1 Å². The molecule has 0 radical (unpaired) electrons. The first-order chi connectivity index (χ1) is 13.1. The van der Waals surface area contributed by atoms with Crippen molar-refractivity contribution in [3.8, 4) is 0 Å². The van der Waals surface area contributed by atoms with E-state index in [1.807, 2.05) is 17.8 Å². The van der Waals surface area contributed by atoms with E-state index in [9.17, 15) is 14.3 Å². The van der Waals surface area contributed by atoms with Crippen LogP contribution in [0.2, 0.25) is 0 Å². The van der Waals surface area contributed by atoms with E-state index in [0.29, 0.717) is 24.5 Å². The molecule has 2 heterocycles. The van der Waals surface area contributed by atoms with Gasteiger partial charge >= 0.3 is 0 Å². The highest BCUT2D eigenvalue weighted by molar-refractivity contribution is 7.99. The minimum absolute atomic E-state index is 0.0629. The molecule has 2 saturated heterocycles. The predicted molar refractivity (Wildman–Crippen MR) is 105 cm³/mol. The number of aliphatic hydroxyl groups excluding tert-OH is 1. The lowest BCUT2D eigenvalue weighted by Crippen LogP contribution is -2.40. The Morgan fingerprint density at radius 3 is 2.78 bits per heavy atom. The Morgan fingerprint density at radius 1 is 1.33 bits per heavy atom. The van der Waals surface area contributed by atoms with Crippen LogP contribution >= 0.6 is 11.8 Å². The van der Waals surface area contributed by atoms with Crippen LogP contribution in [0.15, 0.2) is 18.2 Å².